The van der Waals surface area contributed by atoms with Gasteiger partial charge in [-0.05, 0) is 43.5 Å². The van der Waals surface area contributed by atoms with E-state index in [2.05, 4.69) is 12.2 Å². The van der Waals surface area contributed by atoms with E-state index in [0.29, 0.717) is 6.61 Å². The van der Waals surface area contributed by atoms with Crippen LogP contribution in [0.5, 0.6) is 0 Å². The number of hydrogen-bond acceptors (Lipinski definition) is 3. The number of aryl methyl sites for hydroxylation is 1. The molecule has 0 aromatic heterocycles. The number of nitrogens with zero attached hydrogens (tertiary/aromatic N) is 1. The summed E-state index contributed by atoms with van der Waals surface area (Å²) < 4.78 is 5.35. The van der Waals surface area contributed by atoms with Crippen molar-refractivity contribution in [3.63, 3.8) is 0 Å². The fraction of sp³-hybridized carbons (Fsp3) is 0.562. The summed E-state index contributed by atoms with van der Waals surface area (Å²) in [5.41, 5.74) is 2.87. The molecule has 1 aliphatic rings. The van der Waals surface area contributed by atoms with Gasteiger partial charge in [-0.2, -0.15) is 0 Å². The highest BCUT2D eigenvalue weighted by Crippen LogP contribution is 2.19. The highest BCUT2D eigenvalue weighted by atomic mass is 16.5. The van der Waals surface area contributed by atoms with Gasteiger partial charge in [0.25, 0.3) is 5.91 Å². The predicted octanol–water partition coefficient (Wildman–Crippen LogP) is 2.68. The minimum Gasteiger partial charge on any atom is -0.385 e. The van der Waals surface area contributed by atoms with Crippen molar-refractivity contribution in [2.24, 2.45) is 0 Å². The Labute approximate surface area is 121 Å². The van der Waals surface area contributed by atoms with Crippen molar-refractivity contribution in [2.45, 2.75) is 32.7 Å². The molecule has 110 valence electrons. The van der Waals surface area contributed by atoms with E-state index < -0.39 is 0 Å². The lowest BCUT2D eigenvalue weighted by atomic mass is 10.1. The van der Waals surface area contributed by atoms with Crippen molar-refractivity contribution in [1.82, 2.24) is 4.90 Å². The van der Waals surface area contributed by atoms with E-state index in [1.54, 1.807) is 0 Å². The topological polar surface area (TPSA) is 41.6 Å². The molecule has 4 nitrogen and oxygen atoms in total. The second-order valence-electron chi connectivity index (χ2n) is 5.39. The molecule has 1 saturated heterocycles. The number of nitrogens with one attached hydrogen (secondary N) is 1. The second kappa shape index (κ2) is 6.75. The Morgan fingerprint density at radius 2 is 2.30 bits per heavy atom. The monoisotopic (exact) mass is 276 g/mol. The normalized spacial score (nSPS) is 18.1. The van der Waals surface area contributed by atoms with Gasteiger partial charge in [-0.15, -0.1) is 0 Å². The van der Waals surface area contributed by atoms with E-state index in [9.17, 15) is 4.79 Å². The number of carbonyl (C=O) groups excluding carboxylic acids is 1. The molecule has 20 heavy (non-hydrogen) atoms. The molecule has 0 radical (unpaired) electrons. The van der Waals surface area contributed by atoms with E-state index in [1.807, 2.05) is 37.1 Å². The molecule has 1 N–H and O–H groups in total. The van der Waals surface area contributed by atoms with Gasteiger partial charge in [0.2, 0.25) is 0 Å². The first-order chi connectivity index (χ1) is 9.63. The molecule has 2 rings (SSSR count). The van der Waals surface area contributed by atoms with Gasteiger partial charge >= 0.3 is 0 Å². The number of benzene rings is 1. The lowest BCUT2D eigenvalue weighted by Gasteiger charge is -2.24. The molecular formula is C16H24N2O2. The SMILES string of the molecule is CCCNc1ccc(C(=O)N(C)C2CCOC2)c(C)c1. The number of likely N-dealkylation sites (N-methyl/N-ethyl adjacent to an activating group) is 1. The minimum absolute atomic E-state index is 0.0834. The van der Waals surface area contributed by atoms with E-state index >= 15 is 0 Å². The van der Waals surface area contributed by atoms with Gasteiger partial charge in [0.05, 0.1) is 12.6 Å². The average Bonchev–Trinajstić information content (AvgIpc) is 2.98. The van der Waals surface area contributed by atoms with Crippen LogP contribution in [0.25, 0.3) is 0 Å². The first kappa shape index (κ1) is 14.9. The number of amides is 1. The predicted molar refractivity (Wildman–Crippen MR) is 81.3 cm³/mol. The highest BCUT2D eigenvalue weighted by molar-refractivity contribution is 5.96. The smallest absolute Gasteiger partial charge is 0.254 e. The van der Waals surface area contributed by atoms with Crippen LogP contribution in [0.4, 0.5) is 5.69 Å². The Balaban J connectivity index is 2.09. The zero-order valence-corrected chi connectivity index (χ0v) is 12.6. The fourth-order valence-electron chi connectivity index (χ4n) is 2.47. The van der Waals surface area contributed by atoms with Crippen LogP contribution in [-0.2, 0) is 4.74 Å². The molecule has 0 aliphatic carbocycles. The van der Waals surface area contributed by atoms with E-state index in [4.69, 9.17) is 4.74 Å². The Hall–Kier alpha value is -1.55. The van der Waals surface area contributed by atoms with E-state index in [1.165, 1.54) is 0 Å². The number of carbonyl (C=O) groups is 1. The fourth-order valence-corrected chi connectivity index (χ4v) is 2.47. The number of ether oxygens (including phenoxy) is 1. The van der Waals surface area contributed by atoms with Gasteiger partial charge in [-0.25, -0.2) is 0 Å². The highest BCUT2D eigenvalue weighted by Gasteiger charge is 2.25. The lowest BCUT2D eigenvalue weighted by molar-refractivity contribution is 0.0710. The van der Waals surface area contributed by atoms with Crippen LogP contribution in [0.2, 0.25) is 0 Å². The third kappa shape index (κ3) is 3.31. The summed E-state index contributed by atoms with van der Waals surface area (Å²) in [4.78, 5) is 14.3. The maximum Gasteiger partial charge on any atom is 0.254 e. The second-order valence-corrected chi connectivity index (χ2v) is 5.39. The molecule has 1 aromatic rings. The summed E-state index contributed by atoms with van der Waals surface area (Å²) in [5, 5.41) is 3.34. The summed E-state index contributed by atoms with van der Waals surface area (Å²) in [6, 6.07) is 6.15. The molecule has 0 spiro atoms. The van der Waals surface area contributed by atoms with Crippen LogP contribution in [0.1, 0.15) is 35.7 Å². The third-order valence-corrected chi connectivity index (χ3v) is 3.81. The molecule has 1 atom stereocenters. The van der Waals surface area contributed by atoms with Gasteiger partial charge in [0.15, 0.2) is 0 Å². The first-order valence-corrected chi connectivity index (χ1v) is 7.33. The Morgan fingerprint density at radius 1 is 1.50 bits per heavy atom. The Morgan fingerprint density at radius 3 is 2.90 bits per heavy atom. The summed E-state index contributed by atoms with van der Waals surface area (Å²) >= 11 is 0. The summed E-state index contributed by atoms with van der Waals surface area (Å²) in [6.45, 7) is 6.48. The number of anilines is 1. The van der Waals surface area contributed by atoms with Crippen molar-refractivity contribution >= 4 is 11.6 Å². The summed E-state index contributed by atoms with van der Waals surface area (Å²) in [6.07, 6.45) is 2.02. The molecule has 1 fully saturated rings. The van der Waals surface area contributed by atoms with Gasteiger partial charge in [-0.3, -0.25) is 4.79 Å². The largest absolute Gasteiger partial charge is 0.385 e. The quantitative estimate of drug-likeness (QED) is 0.899. The molecule has 1 aliphatic heterocycles. The van der Waals surface area contributed by atoms with E-state index in [0.717, 1.165) is 42.8 Å². The molecule has 1 heterocycles. The van der Waals surface area contributed by atoms with Crippen molar-refractivity contribution in [2.75, 3.05) is 32.1 Å². The molecule has 4 heteroatoms. The molecular weight excluding hydrogens is 252 g/mol. The maximum atomic E-state index is 12.5. The minimum atomic E-state index is 0.0834. The Bertz CT molecular complexity index is 468. The molecule has 1 amide bonds. The lowest BCUT2D eigenvalue weighted by Crippen LogP contribution is -2.37. The van der Waals surface area contributed by atoms with Gasteiger partial charge in [-0.1, -0.05) is 6.92 Å². The van der Waals surface area contributed by atoms with Gasteiger partial charge in [0.1, 0.15) is 0 Å². The Kier molecular flexibility index (Phi) is 5.01. The van der Waals surface area contributed by atoms with Gasteiger partial charge in [0, 0.05) is 31.5 Å². The maximum absolute atomic E-state index is 12.5. The zero-order valence-electron chi connectivity index (χ0n) is 12.6. The van der Waals surface area contributed by atoms with E-state index in [-0.39, 0.29) is 11.9 Å². The van der Waals surface area contributed by atoms with Crippen LogP contribution in [0.3, 0.4) is 0 Å². The summed E-state index contributed by atoms with van der Waals surface area (Å²) in [5.74, 6) is 0.0834. The van der Waals surface area contributed by atoms with Crippen molar-refractivity contribution < 1.29 is 9.53 Å². The van der Waals surface area contributed by atoms with Crippen LogP contribution in [0.15, 0.2) is 18.2 Å². The van der Waals surface area contributed by atoms with Gasteiger partial charge < -0.3 is 15.0 Å². The molecule has 1 aromatic carbocycles. The zero-order chi connectivity index (χ0) is 14.5. The van der Waals surface area contributed by atoms with Crippen LogP contribution in [0, 0.1) is 6.92 Å². The molecule has 0 saturated carbocycles. The molecule has 0 bridgehead atoms. The number of rotatable bonds is 5. The third-order valence-electron chi connectivity index (χ3n) is 3.81. The van der Waals surface area contributed by atoms with Crippen LogP contribution >= 0.6 is 0 Å². The average molecular weight is 276 g/mol. The van der Waals surface area contributed by atoms with Crippen LogP contribution < -0.4 is 5.32 Å². The number of hydrogen-bond donors (Lipinski definition) is 1. The summed E-state index contributed by atoms with van der Waals surface area (Å²) in [7, 11) is 1.87. The van der Waals surface area contributed by atoms with Crippen molar-refractivity contribution in [1.29, 1.82) is 0 Å². The molecule has 1 unspecified atom stereocenters. The van der Waals surface area contributed by atoms with Crippen molar-refractivity contribution in [3.8, 4) is 0 Å². The standard InChI is InChI=1S/C16H24N2O2/c1-4-8-17-13-5-6-15(12(2)10-13)16(19)18(3)14-7-9-20-11-14/h5-6,10,14,17H,4,7-9,11H2,1-3H3. The first-order valence-electron chi connectivity index (χ1n) is 7.33. The van der Waals surface area contributed by atoms with Crippen LogP contribution in [-0.4, -0.2) is 43.7 Å². The van der Waals surface area contributed by atoms with Crippen molar-refractivity contribution in [3.05, 3.63) is 29.3 Å².